The van der Waals surface area contributed by atoms with Crippen molar-refractivity contribution in [3.8, 4) is 11.5 Å². The van der Waals surface area contributed by atoms with Crippen LogP contribution in [0.3, 0.4) is 0 Å². The largest absolute Gasteiger partial charge is 0.497 e. The topological polar surface area (TPSA) is 76.7 Å². The fourth-order valence-corrected chi connectivity index (χ4v) is 1.52. The first-order valence-electron chi connectivity index (χ1n) is 7.38. The number of benzene rings is 1. The third kappa shape index (κ3) is 8.61. The number of carbonyl (C=O) groups excluding carboxylic acids is 1. The lowest BCUT2D eigenvalue weighted by molar-refractivity contribution is -0.126. The molecule has 0 aliphatic rings. The van der Waals surface area contributed by atoms with Crippen molar-refractivity contribution < 1.29 is 24.2 Å². The van der Waals surface area contributed by atoms with Crippen molar-refractivity contribution in [2.45, 2.75) is 33.3 Å². The second-order valence-electron chi connectivity index (χ2n) is 4.18. The molecule has 0 fully saturated rings. The lowest BCUT2D eigenvalue weighted by atomic mass is 10.2. The van der Waals surface area contributed by atoms with Crippen molar-refractivity contribution in [2.24, 2.45) is 0 Å². The van der Waals surface area contributed by atoms with E-state index in [1.807, 2.05) is 26.0 Å². The molecule has 0 aliphatic heterocycles. The van der Waals surface area contributed by atoms with Gasteiger partial charge < -0.3 is 14.3 Å². The summed E-state index contributed by atoms with van der Waals surface area (Å²) < 4.78 is 10.8. The van der Waals surface area contributed by atoms with Crippen LogP contribution in [0.2, 0.25) is 0 Å². The highest BCUT2D eigenvalue weighted by atomic mass is 16.6. The van der Waals surface area contributed by atoms with Gasteiger partial charge in [0.05, 0.1) is 26.9 Å². The normalized spacial score (nSPS) is 11.1. The van der Waals surface area contributed by atoms with E-state index in [1.54, 1.807) is 26.2 Å². The highest BCUT2D eigenvalue weighted by molar-refractivity contribution is 5.83. The van der Waals surface area contributed by atoms with Crippen LogP contribution in [0.15, 0.2) is 24.3 Å². The van der Waals surface area contributed by atoms with Crippen LogP contribution in [0.1, 0.15) is 27.2 Å². The minimum Gasteiger partial charge on any atom is -0.497 e. The molecule has 22 heavy (non-hydrogen) atoms. The molecule has 1 unspecified atom stereocenters. The minimum atomic E-state index is -0.566. The number of ether oxygens (including phenoxy) is 2. The number of Topliss-reactive ketones (excluding diaryl/α,β-unsaturated/α-hetero) is 1. The molecule has 1 N–H and O–H groups in total. The number of carbonyl (C=O) groups is 1. The summed E-state index contributed by atoms with van der Waals surface area (Å²) >= 11 is 0. The summed E-state index contributed by atoms with van der Waals surface area (Å²) in [4.78, 5) is 16.8. The van der Waals surface area contributed by atoms with Crippen LogP contribution >= 0.6 is 0 Å². The zero-order valence-electron chi connectivity index (χ0n) is 13.8. The van der Waals surface area contributed by atoms with Gasteiger partial charge in [-0.3, -0.25) is 4.79 Å². The van der Waals surface area contributed by atoms with Crippen LogP contribution in [-0.4, -0.2) is 38.8 Å². The lowest BCUT2D eigenvalue weighted by Crippen LogP contribution is -2.37. The summed E-state index contributed by atoms with van der Waals surface area (Å²) in [6, 6.07) is 7.18. The molecule has 1 radical (unpaired) electrons. The predicted molar refractivity (Wildman–Crippen MR) is 83.6 cm³/mol. The first kappa shape index (κ1) is 20.4. The zero-order chi connectivity index (χ0) is 16.8. The van der Waals surface area contributed by atoms with Crippen LogP contribution < -0.4 is 15.0 Å². The molecule has 0 bridgehead atoms. The zero-order valence-corrected chi connectivity index (χ0v) is 13.8. The van der Waals surface area contributed by atoms with Gasteiger partial charge in [0.15, 0.2) is 11.9 Å². The van der Waals surface area contributed by atoms with Crippen molar-refractivity contribution in [1.82, 2.24) is 5.48 Å². The number of hydrogen-bond donors (Lipinski definition) is 1. The van der Waals surface area contributed by atoms with Crippen LogP contribution in [0, 0.1) is 0 Å². The fraction of sp³-hybridized carbons (Fsp3) is 0.562. The number of hydroxylamine groups is 1. The molecule has 6 heteroatoms. The second-order valence-corrected chi connectivity index (χ2v) is 4.18. The predicted octanol–water partition coefficient (Wildman–Crippen LogP) is 2.40. The minimum absolute atomic E-state index is 0. The summed E-state index contributed by atoms with van der Waals surface area (Å²) in [7, 11) is 1.59. The highest BCUT2D eigenvalue weighted by Gasteiger charge is 2.18. The monoisotopic (exact) mass is 312 g/mol. The number of ketones is 1. The van der Waals surface area contributed by atoms with Crippen molar-refractivity contribution in [3.05, 3.63) is 24.3 Å². The molecule has 0 amide bonds. The molecule has 0 saturated carbocycles. The Hall–Kier alpha value is -1.63. The molecule has 0 aromatic heterocycles. The van der Waals surface area contributed by atoms with Gasteiger partial charge in [0.2, 0.25) is 0 Å². The highest BCUT2D eigenvalue weighted by Crippen LogP contribution is 2.20. The standard InChI is InChI=1S/C14H21NO4.C2H5O/c1-4-13(16)14(10-15-18-5-2)19-12-8-6-7-11(9-12)17-3;1-2-3/h6-9,14-15H,4-5,10H2,1-3H3;2H2,1H3. The van der Waals surface area contributed by atoms with E-state index in [0.29, 0.717) is 31.1 Å². The maximum Gasteiger partial charge on any atom is 0.174 e. The lowest BCUT2D eigenvalue weighted by Gasteiger charge is -2.18. The van der Waals surface area contributed by atoms with Gasteiger partial charge in [-0.1, -0.05) is 13.0 Å². The van der Waals surface area contributed by atoms with Gasteiger partial charge in [-0.25, -0.2) is 5.11 Å². The molecule has 0 aliphatic carbocycles. The van der Waals surface area contributed by atoms with Crippen molar-refractivity contribution >= 4 is 5.78 Å². The average Bonchev–Trinajstić information content (AvgIpc) is 2.54. The Balaban J connectivity index is 0.00000135. The maximum absolute atomic E-state index is 11.8. The Bertz CT molecular complexity index is 411. The van der Waals surface area contributed by atoms with E-state index >= 15 is 0 Å². The van der Waals surface area contributed by atoms with Crippen LogP contribution in [0.4, 0.5) is 0 Å². The molecule has 1 atom stereocenters. The van der Waals surface area contributed by atoms with Gasteiger partial charge >= 0.3 is 0 Å². The molecule has 1 aromatic rings. The van der Waals surface area contributed by atoms with Crippen molar-refractivity contribution in [2.75, 3.05) is 26.9 Å². The first-order chi connectivity index (χ1) is 10.6. The number of methoxy groups -OCH3 is 1. The van der Waals surface area contributed by atoms with E-state index in [4.69, 9.17) is 19.4 Å². The summed E-state index contributed by atoms with van der Waals surface area (Å²) in [6.45, 7) is 6.10. The summed E-state index contributed by atoms with van der Waals surface area (Å²) in [6.07, 6.45) is -0.147. The molecule has 0 heterocycles. The van der Waals surface area contributed by atoms with E-state index in [2.05, 4.69) is 5.48 Å². The summed E-state index contributed by atoms with van der Waals surface area (Å²) in [5.41, 5.74) is 2.72. The molecule has 1 rings (SSSR count). The Morgan fingerprint density at radius 1 is 1.23 bits per heavy atom. The van der Waals surface area contributed by atoms with E-state index in [-0.39, 0.29) is 12.4 Å². The van der Waals surface area contributed by atoms with Crippen molar-refractivity contribution in [3.63, 3.8) is 0 Å². The van der Waals surface area contributed by atoms with Gasteiger partial charge in [-0.15, -0.1) is 0 Å². The number of nitrogens with one attached hydrogen (secondary N) is 1. The second kappa shape index (κ2) is 13.1. The van der Waals surface area contributed by atoms with E-state index in [0.717, 1.165) is 0 Å². The van der Waals surface area contributed by atoms with Gasteiger partial charge in [0.25, 0.3) is 0 Å². The summed E-state index contributed by atoms with van der Waals surface area (Å²) in [5, 5.41) is 8.93. The SMILES string of the molecule is CCONCC(Oc1cccc(OC)c1)C(=O)CC.CC[O]. The van der Waals surface area contributed by atoms with Gasteiger partial charge in [0, 0.05) is 12.5 Å². The molecular formula is C16H26NO5. The first-order valence-corrected chi connectivity index (χ1v) is 7.38. The van der Waals surface area contributed by atoms with Crippen molar-refractivity contribution in [1.29, 1.82) is 0 Å². The molecule has 0 spiro atoms. The molecule has 1 aromatic carbocycles. The van der Waals surface area contributed by atoms with E-state index < -0.39 is 6.10 Å². The molecular weight excluding hydrogens is 286 g/mol. The van der Waals surface area contributed by atoms with E-state index in [9.17, 15) is 4.79 Å². The smallest absolute Gasteiger partial charge is 0.174 e. The Morgan fingerprint density at radius 3 is 2.41 bits per heavy atom. The average molecular weight is 312 g/mol. The van der Waals surface area contributed by atoms with E-state index in [1.165, 1.54) is 0 Å². The third-order valence-electron chi connectivity index (χ3n) is 2.54. The molecule has 125 valence electrons. The van der Waals surface area contributed by atoms with Crippen LogP contribution in [0.5, 0.6) is 11.5 Å². The maximum atomic E-state index is 11.8. The molecule has 6 nitrogen and oxygen atoms in total. The summed E-state index contributed by atoms with van der Waals surface area (Å²) in [5.74, 6) is 1.32. The van der Waals surface area contributed by atoms with Gasteiger partial charge in [-0.05, 0) is 26.0 Å². The Labute approximate surface area is 132 Å². The van der Waals surface area contributed by atoms with Crippen LogP contribution in [-0.2, 0) is 14.7 Å². The van der Waals surface area contributed by atoms with Crippen LogP contribution in [0.25, 0.3) is 0 Å². The quantitative estimate of drug-likeness (QED) is 0.559. The van der Waals surface area contributed by atoms with Gasteiger partial charge in [-0.2, -0.15) is 5.48 Å². The fourth-order valence-electron chi connectivity index (χ4n) is 1.52. The van der Waals surface area contributed by atoms with Gasteiger partial charge in [0.1, 0.15) is 11.5 Å². The third-order valence-corrected chi connectivity index (χ3v) is 2.54. The number of hydrogen-bond acceptors (Lipinski definition) is 5. The molecule has 0 saturated heterocycles. The number of rotatable bonds is 9. The Kier molecular flexibility index (Phi) is 12.1. The Morgan fingerprint density at radius 2 is 1.86 bits per heavy atom.